The summed E-state index contributed by atoms with van der Waals surface area (Å²) in [6.45, 7) is 1.03. The van der Waals surface area contributed by atoms with E-state index in [2.05, 4.69) is 14.5 Å². The van der Waals surface area contributed by atoms with Gasteiger partial charge in [-0.2, -0.15) is 0 Å². The Morgan fingerprint density at radius 3 is 3.00 bits per heavy atom. The highest BCUT2D eigenvalue weighted by Crippen LogP contribution is 2.30. The minimum Gasteiger partial charge on any atom is -0.313 e. The van der Waals surface area contributed by atoms with Crippen molar-refractivity contribution in [1.82, 2.24) is 14.5 Å². The van der Waals surface area contributed by atoms with Gasteiger partial charge in [0, 0.05) is 25.0 Å². The first-order valence-corrected chi connectivity index (χ1v) is 7.28. The number of hydrogen-bond acceptors (Lipinski definition) is 2. The molecule has 0 spiro atoms. The van der Waals surface area contributed by atoms with E-state index in [1.807, 2.05) is 18.3 Å². The van der Waals surface area contributed by atoms with Crippen LogP contribution in [0.4, 0.5) is 0 Å². The van der Waals surface area contributed by atoms with E-state index in [0.29, 0.717) is 5.88 Å². The topological polar surface area (TPSA) is 30.7 Å². The summed E-state index contributed by atoms with van der Waals surface area (Å²) in [5, 5.41) is 0. The molecule has 2 aromatic rings. The molecule has 18 heavy (non-hydrogen) atoms. The fourth-order valence-electron chi connectivity index (χ4n) is 2.61. The molecule has 1 saturated carbocycles. The van der Waals surface area contributed by atoms with Crippen LogP contribution in [-0.2, 0) is 13.0 Å². The summed E-state index contributed by atoms with van der Waals surface area (Å²) in [5.41, 5.74) is 2.00. The molecule has 2 aromatic heterocycles. The molecule has 0 radical (unpaired) electrons. The average molecular weight is 264 g/mol. The number of aryl methyl sites for hydroxylation is 2. The highest BCUT2D eigenvalue weighted by Gasteiger charge is 2.18. The maximum atomic E-state index is 5.86. The molecule has 0 aromatic carbocycles. The first kappa shape index (κ1) is 12.0. The van der Waals surface area contributed by atoms with Gasteiger partial charge in [-0.3, -0.25) is 0 Å². The molecule has 0 amide bonds. The summed E-state index contributed by atoms with van der Waals surface area (Å²) in [6, 6.07) is 3.97. The highest BCUT2D eigenvalue weighted by atomic mass is 35.5. The molecule has 96 valence electrons. The largest absolute Gasteiger partial charge is 0.313 e. The Hall–Kier alpha value is -1.09. The lowest BCUT2D eigenvalue weighted by molar-refractivity contribution is 0.282. The summed E-state index contributed by atoms with van der Waals surface area (Å²) in [4.78, 5) is 9.10. The first-order valence-electron chi connectivity index (χ1n) is 6.74. The second kappa shape index (κ2) is 5.27. The van der Waals surface area contributed by atoms with Crippen molar-refractivity contribution >= 4 is 22.8 Å². The predicted octanol–water partition coefficient (Wildman–Crippen LogP) is 3.40. The quantitative estimate of drug-likeness (QED) is 0.774. The van der Waals surface area contributed by atoms with E-state index in [9.17, 15) is 0 Å². The number of nitrogens with zero attached hydrogens (tertiary/aromatic N) is 3. The Morgan fingerprint density at radius 2 is 2.28 bits per heavy atom. The van der Waals surface area contributed by atoms with Crippen molar-refractivity contribution in [3.8, 4) is 0 Å². The Kier molecular flexibility index (Phi) is 3.50. The maximum Gasteiger partial charge on any atom is 0.159 e. The monoisotopic (exact) mass is 263 g/mol. The Bertz CT molecular complexity index is 531. The molecule has 2 heterocycles. The number of alkyl halides is 1. The molecule has 0 saturated heterocycles. The predicted molar refractivity (Wildman–Crippen MR) is 73.9 cm³/mol. The van der Waals surface area contributed by atoms with Crippen LogP contribution in [0.3, 0.4) is 0 Å². The van der Waals surface area contributed by atoms with Crippen LogP contribution in [0, 0.1) is 5.92 Å². The molecule has 3 nitrogen and oxygen atoms in total. The van der Waals surface area contributed by atoms with E-state index >= 15 is 0 Å². The smallest absolute Gasteiger partial charge is 0.159 e. The third-order valence-electron chi connectivity index (χ3n) is 3.89. The van der Waals surface area contributed by atoms with Crippen LogP contribution < -0.4 is 0 Å². The number of fused-ring (bicyclic) bond motifs is 1. The van der Waals surface area contributed by atoms with Gasteiger partial charge in [0.1, 0.15) is 11.3 Å². The fraction of sp³-hybridized carbons (Fsp3) is 0.571. The number of pyridine rings is 1. The van der Waals surface area contributed by atoms with Gasteiger partial charge in [-0.05, 0) is 24.5 Å². The number of hydrogen-bond donors (Lipinski definition) is 0. The lowest BCUT2D eigenvalue weighted by Gasteiger charge is -2.25. The highest BCUT2D eigenvalue weighted by molar-refractivity contribution is 6.17. The molecule has 0 unspecified atom stereocenters. The standard InChI is InChI=1S/C14H18ClN3/c15-8-6-13-17-12-5-2-9-16-14(12)18(13)10-7-11-3-1-4-11/h2,5,9,11H,1,3-4,6-8,10H2. The molecule has 0 aliphatic heterocycles. The second-order valence-electron chi connectivity index (χ2n) is 5.05. The minimum atomic E-state index is 0.618. The molecule has 1 aliphatic carbocycles. The lowest BCUT2D eigenvalue weighted by Crippen LogP contribution is -2.15. The van der Waals surface area contributed by atoms with Gasteiger partial charge in [-0.15, -0.1) is 11.6 Å². The van der Waals surface area contributed by atoms with Crippen LogP contribution in [0.25, 0.3) is 11.2 Å². The van der Waals surface area contributed by atoms with Gasteiger partial charge in [0.25, 0.3) is 0 Å². The van der Waals surface area contributed by atoms with E-state index in [1.54, 1.807) is 0 Å². The zero-order chi connectivity index (χ0) is 12.4. The van der Waals surface area contributed by atoms with Crippen LogP contribution >= 0.6 is 11.6 Å². The Balaban J connectivity index is 1.87. The lowest BCUT2D eigenvalue weighted by atomic mass is 9.83. The van der Waals surface area contributed by atoms with Gasteiger partial charge < -0.3 is 4.57 Å². The van der Waals surface area contributed by atoms with Crippen LogP contribution in [0.2, 0.25) is 0 Å². The SMILES string of the molecule is ClCCc1nc2cccnc2n1CCC1CCC1. The molecule has 0 N–H and O–H groups in total. The van der Waals surface area contributed by atoms with E-state index in [0.717, 1.165) is 35.9 Å². The van der Waals surface area contributed by atoms with Gasteiger partial charge in [0.2, 0.25) is 0 Å². The van der Waals surface area contributed by atoms with E-state index in [1.165, 1.54) is 25.7 Å². The molecule has 4 heteroatoms. The second-order valence-corrected chi connectivity index (χ2v) is 5.43. The summed E-state index contributed by atoms with van der Waals surface area (Å²) in [7, 11) is 0. The average Bonchev–Trinajstić information content (AvgIpc) is 2.66. The van der Waals surface area contributed by atoms with Gasteiger partial charge in [-0.1, -0.05) is 19.3 Å². The van der Waals surface area contributed by atoms with E-state index < -0.39 is 0 Å². The summed E-state index contributed by atoms with van der Waals surface area (Å²) in [5.74, 6) is 2.61. The van der Waals surface area contributed by atoms with Crippen LogP contribution in [0.5, 0.6) is 0 Å². The van der Waals surface area contributed by atoms with Gasteiger partial charge in [0.15, 0.2) is 5.65 Å². The fourth-order valence-corrected chi connectivity index (χ4v) is 2.78. The normalized spacial score (nSPS) is 16.1. The number of halogens is 1. The van der Waals surface area contributed by atoms with Crippen LogP contribution in [-0.4, -0.2) is 20.4 Å². The zero-order valence-corrected chi connectivity index (χ0v) is 11.2. The summed E-state index contributed by atoms with van der Waals surface area (Å²) < 4.78 is 2.26. The van der Waals surface area contributed by atoms with Crippen molar-refractivity contribution in [3.63, 3.8) is 0 Å². The Labute approximate surface area is 112 Å². The molecular weight excluding hydrogens is 246 g/mol. The van der Waals surface area contributed by atoms with E-state index in [4.69, 9.17) is 11.6 Å². The molecule has 1 fully saturated rings. The first-order chi connectivity index (χ1) is 8.88. The molecule has 0 atom stereocenters. The van der Waals surface area contributed by atoms with Crippen molar-refractivity contribution in [3.05, 3.63) is 24.2 Å². The number of rotatable bonds is 5. The van der Waals surface area contributed by atoms with Crippen molar-refractivity contribution in [2.24, 2.45) is 5.92 Å². The molecular formula is C14H18ClN3. The minimum absolute atomic E-state index is 0.618. The maximum absolute atomic E-state index is 5.86. The van der Waals surface area contributed by atoms with Gasteiger partial charge >= 0.3 is 0 Å². The molecule has 3 rings (SSSR count). The van der Waals surface area contributed by atoms with Crippen molar-refractivity contribution in [2.45, 2.75) is 38.6 Å². The summed E-state index contributed by atoms with van der Waals surface area (Å²) >= 11 is 5.86. The Morgan fingerprint density at radius 1 is 1.39 bits per heavy atom. The zero-order valence-electron chi connectivity index (χ0n) is 10.5. The van der Waals surface area contributed by atoms with Crippen molar-refractivity contribution in [1.29, 1.82) is 0 Å². The van der Waals surface area contributed by atoms with Crippen LogP contribution in [0.1, 0.15) is 31.5 Å². The molecule has 0 bridgehead atoms. The van der Waals surface area contributed by atoms with Crippen molar-refractivity contribution < 1.29 is 0 Å². The van der Waals surface area contributed by atoms with Crippen LogP contribution in [0.15, 0.2) is 18.3 Å². The third-order valence-corrected chi connectivity index (χ3v) is 4.08. The van der Waals surface area contributed by atoms with E-state index in [-0.39, 0.29) is 0 Å². The number of aromatic nitrogens is 3. The third kappa shape index (κ3) is 2.24. The molecule has 1 aliphatic rings. The van der Waals surface area contributed by atoms with Crippen molar-refractivity contribution in [2.75, 3.05) is 5.88 Å². The summed E-state index contributed by atoms with van der Waals surface area (Å²) in [6.07, 6.45) is 8.10. The van der Waals surface area contributed by atoms with Gasteiger partial charge in [0.05, 0.1) is 0 Å². The van der Waals surface area contributed by atoms with Gasteiger partial charge in [-0.25, -0.2) is 9.97 Å². The number of imidazole rings is 1.